The molecule has 0 saturated carbocycles. The molecular formula is C17H15ClF2IN3O3S. The maximum atomic E-state index is 14.5. The molecule has 1 aliphatic rings. The maximum Gasteiger partial charge on any atom is 0.301 e. The third-order valence-corrected chi connectivity index (χ3v) is 6.65. The molecule has 1 heterocycles. The topological polar surface area (TPSA) is 78.5 Å². The highest BCUT2D eigenvalue weighted by Gasteiger charge is 2.28. The van der Waals surface area contributed by atoms with E-state index < -0.39 is 27.5 Å². The van der Waals surface area contributed by atoms with Crippen molar-refractivity contribution in [3.63, 3.8) is 0 Å². The van der Waals surface area contributed by atoms with Gasteiger partial charge in [0.05, 0.1) is 22.1 Å². The predicted molar refractivity (Wildman–Crippen MR) is 112 cm³/mol. The van der Waals surface area contributed by atoms with Crippen molar-refractivity contribution in [2.24, 2.45) is 0 Å². The summed E-state index contributed by atoms with van der Waals surface area (Å²) in [6.45, 7) is 0.00637. The molecule has 3 rings (SSSR count). The van der Waals surface area contributed by atoms with E-state index in [2.05, 4.69) is 27.9 Å². The number of benzene rings is 2. The lowest BCUT2D eigenvalue weighted by Gasteiger charge is -2.25. The molecule has 6 nitrogen and oxygen atoms in total. The number of piperidine rings is 1. The lowest BCUT2D eigenvalue weighted by Crippen LogP contribution is -2.41. The number of carbonyl (C=O) groups is 1. The minimum Gasteiger partial charge on any atom is -0.352 e. The Kier molecular flexibility index (Phi) is 6.42. The number of nitrogens with zero attached hydrogens (tertiary/aromatic N) is 1. The maximum absolute atomic E-state index is 14.5. The molecule has 1 saturated heterocycles. The lowest BCUT2D eigenvalue weighted by molar-refractivity contribution is -0.120. The molecule has 0 aromatic heterocycles. The molecular weight excluding hydrogens is 527 g/mol. The second-order valence-electron chi connectivity index (χ2n) is 6.08. The largest absolute Gasteiger partial charge is 0.352 e. The molecule has 2 N–H and O–H groups in total. The molecule has 0 spiro atoms. The van der Waals surface area contributed by atoms with E-state index in [0.29, 0.717) is 10.7 Å². The zero-order valence-corrected chi connectivity index (χ0v) is 18.0. The van der Waals surface area contributed by atoms with Gasteiger partial charge in [-0.05, 0) is 52.9 Å². The highest BCUT2D eigenvalue weighted by atomic mass is 127. The van der Waals surface area contributed by atoms with Gasteiger partial charge in [0.15, 0.2) is 11.6 Å². The summed E-state index contributed by atoms with van der Waals surface area (Å²) < 4.78 is 57.6. The van der Waals surface area contributed by atoms with Gasteiger partial charge in [-0.2, -0.15) is 12.7 Å². The fourth-order valence-electron chi connectivity index (χ4n) is 2.64. The highest BCUT2D eigenvalue weighted by molar-refractivity contribution is 14.1. The standard InChI is InChI=1S/C17H15ClF2IN3O3S/c18-12-9-10(21)1-2-13(12)22-14-3-4-15(17(20)16(14)19)23-28(26,27)24-7-5-11(25)6-8-24/h1-4,9,22-23H,5-8H2. The van der Waals surface area contributed by atoms with Crippen LogP contribution in [0.2, 0.25) is 5.02 Å². The van der Waals surface area contributed by atoms with Crippen molar-refractivity contribution in [3.05, 3.63) is 50.6 Å². The Labute approximate surface area is 179 Å². The van der Waals surface area contributed by atoms with E-state index in [4.69, 9.17) is 11.6 Å². The summed E-state index contributed by atoms with van der Waals surface area (Å²) in [4.78, 5) is 11.3. The van der Waals surface area contributed by atoms with Gasteiger partial charge in [0, 0.05) is 29.5 Å². The number of anilines is 3. The summed E-state index contributed by atoms with van der Waals surface area (Å²) in [6, 6.07) is 7.35. The quantitative estimate of drug-likeness (QED) is 0.554. The number of nitrogens with one attached hydrogen (secondary N) is 2. The normalized spacial score (nSPS) is 15.5. The molecule has 0 bridgehead atoms. The Balaban J connectivity index is 1.81. The smallest absolute Gasteiger partial charge is 0.301 e. The van der Waals surface area contributed by atoms with Gasteiger partial charge in [-0.3, -0.25) is 9.52 Å². The number of rotatable bonds is 5. The minimum atomic E-state index is -4.10. The minimum absolute atomic E-state index is 0.00319. The molecule has 2 aromatic carbocycles. The number of halogens is 4. The van der Waals surface area contributed by atoms with Gasteiger partial charge < -0.3 is 5.32 Å². The number of hydrogen-bond acceptors (Lipinski definition) is 4. The summed E-state index contributed by atoms with van der Waals surface area (Å²) in [5.74, 6) is -2.62. The Bertz CT molecular complexity index is 1030. The summed E-state index contributed by atoms with van der Waals surface area (Å²) in [5.41, 5.74) is -0.326. The van der Waals surface area contributed by atoms with Crippen LogP contribution >= 0.6 is 34.2 Å². The van der Waals surface area contributed by atoms with Crippen LogP contribution in [0.5, 0.6) is 0 Å². The van der Waals surface area contributed by atoms with Crippen LogP contribution in [0.1, 0.15) is 12.8 Å². The van der Waals surface area contributed by atoms with Gasteiger partial charge in [-0.1, -0.05) is 11.6 Å². The number of carbonyl (C=O) groups excluding carboxylic acids is 1. The first-order valence-electron chi connectivity index (χ1n) is 8.17. The third kappa shape index (κ3) is 4.73. The first-order valence-corrected chi connectivity index (χ1v) is 11.1. The molecule has 11 heteroatoms. The van der Waals surface area contributed by atoms with Gasteiger partial charge >= 0.3 is 10.2 Å². The summed E-state index contributed by atoms with van der Waals surface area (Å²) >= 11 is 8.15. The Morgan fingerprint density at radius 1 is 1.00 bits per heavy atom. The highest BCUT2D eigenvalue weighted by Crippen LogP contribution is 2.31. The van der Waals surface area contributed by atoms with Crippen LogP contribution in [0, 0.1) is 15.2 Å². The molecule has 1 fully saturated rings. The van der Waals surface area contributed by atoms with Crippen molar-refractivity contribution in [1.29, 1.82) is 0 Å². The summed E-state index contributed by atoms with van der Waals surface area (Å²) in [6.07, 6.45) is 0.189. The molecule has 150 valence electrons. The second-order valence-corrected chi connectivity index (χ2v) is 9.41. The molecule has 0 unspecified atom stereocenters. The second kappa shape index (κ2) is 8.47. The molecule has 2 aromatic rings. The average molecular weight is 542 g/mol. The van der Waals surface area contributed by atoms with Gasteiger partial charge in [-0.15, -0.1) is 0 Å². The van der Waals surface area contributed by atoms with E-state index in [0.717, 1.165) is 13.9 Å². The Hall–Kier alpha value is -1.50. The number of ketones is 1. The van der Waals surface area contributed by atoms with Gasteiger partial charge in [-0.25, -0.2) is 8.78 Å². The van der Waals surface area contributed by atoms with E-state index in [1.54, 1.807) is 18.2 Å². The van der Waals surface area contributed by atoms with Crippen molar-refractivity contribution >= 4 is 67.2 Å². The molecule has 28 heavy (non-hydrogen) atoms. The molecule has 0 atom stereocenters. The molecule has 0 aliphatic carbocycles. The predicted octanol–water partition coefficient (Wildman–Crippen LogP) is 4.29. The van der Waals surface area contributed by atoms with Crippen LogP contribution in [-0.2, 0) is 15.0 Å². The van der Waals surface area contributed by atoms with Crippen LogP contribution in [-0.4, -0.2) is 31.6 Å². The number of Topliss-reactive ketones (excluding diaryl/α,β-unsaturated/α-hetero) is 1. The Morgan fingerprint density at radius 2 is 1.57 bits per heavy atom. The van der Waals surface area contributed by atoms with Crippen molar-refractivity contribution in [3.8, 4) is 0 Å². The van der Waals surface area contributed by atoms with Gasteiger partial charge in [0.2, 0.25) is 0 Å². The van der Waals surface area contributed by atoms with E-state index in [9.17, 15) is 22.0 Å². The Morgan fingerprint density at radius 3 is 2.21 bits per heavy atom. The summed E-state index contributed by atoms with van der Waals surface area (Å²) in [7, 11) is -4.10. The van der Waals surface area contributed by atoms with E-state index in [1.165, 1.54) is 6.07 Å². The number of hydrogen-bond donors (Lipinski definition) is 2. The molecule has 0 radical (unpaired) electrons. The van der Waals surface area contributed by atoms with Crippen molar-refractivity contribution in [2.45, 2.75) is 12.8 Å². The molecule has 1 aliphatic heterocycles. The van der Waals surface area contributed by atoms with Crippen LogP contribution in [0.25, 0.3) is 0 Å². The zero-order valence-electron chi connectivity index (χ0n) is 14.3. The SMILES string of the molecule is O=C1CCN(S(=O)(=O)Nc2ccc(Nc3ccc(I)cc3Cl)c(F)c2F)CC1. The first kappa shape index (κ1) is 21.2. The zero-order chi connectivity index (χ0) is 20.5. The monoisotopic (exact) mass is 541 g/mol. The summed E-state index contributed by atoms with van der Waals surface area (Å²) in [5, 5.41) is 3.02. The van der Waals surface area contributed by atoms with Crippen LogP contribution in [0.3, 0.4) is 0 Å². The van der Waals surface area contributed by atoms with Crippen LogP contribution in [0.15, 0.2) is 30.3 Å². The van der Waals surface area contributed by atoms with E-state index in [-0.39, 0.29) is 37.4 Å². The third-order valence-electron chi connectivity index (χ3n) is 4.14. The van der Waals surface area contributed by atoms with Crippen molar-refractivity contribution in [2.75, 3.05) is 23.1 Å². The molecule has 0 amide bonds. The van der Waals surface area contributed by atoms with Crippen LogP contribution < -0.4 is 10.0 Å². The lowest BCUT2D eigenvalue weighted by atomic mass is 10.1. The van der Waals surface area contributed by atoms with Crippen molar-refractivity contribution in [1.82, 2.24) is 4.31 Å². The van der Waals surface area contributed by atoms with E-state index >= 15 is 0 Å². The fourth-order valence-corrected chi connectivity index (χ4v) is 4.77. The van der Waals surface area contributed by atoms with Gasteiger partial charge in [0.1, 0.15) is 5.78 Å². The first-order chi connectivity index (χ1) is 13.2. The van der Waals surface area contributed by atoms with Crippen LogP contribution in [0.4, 0.5) is 25.8 Å². The van der Waals surface area contributed by atoms with Crippen molar-refractivity contribution < 1.29 is 22.0 Å². The fraction of sp³-hybridized carbons (Fsp3) is 0.235. The average Bonchev–Trinajstić information content (AvgIpc) is 2.63. The van der Waals surface area contributed by atoms with E-state index in [1.807, 2.05) is 4.72 Å². The van der Waals surface area contributed by atoms with Gasteiger partial charge in [0.25, 0.3) is 0 Å².